The summed E-state index contributed by atoms with van der Waals surface area (Å²) in [5.41, 5.74) is -0.188. The van der Waals surface area contributed by atoms with E-state index in [2.05, 4.69) is 20.3 Å². The quantitative estimate of drug-likeness (QED) is 0.599. The number of amides is 3. The summed E-state index contributed by atoms with van der Waals surface area (Å²) >= 11 is 0. The van der Waals surface area contributed by atoms with Gasteiger partial charge in [-0.2, -0.15) is 18.4 Å². The van der Waals surface area contributed by atoms with Crippen molar-refractivity contribution >= 4 is 27.9 Å². The van der Waals surface area contributed by atoms with E-state index in [1.807, 2.05) is 0 Å². The van der Waals surface area contributed by atoms with E-state index in [0.29, 0.717) is 0 Å². The Bertz CT molecular complexity index is 974. The first kappa shape index (κ1) is 23.5. The molecule has 2 aromatic rings. The van der Waals surface area contributed by atoms with Crippen molar-refractivity contribution < 1.29 is 33.0 Å². The van der Waals surface area contributed by atoms with Gasteiger partial charge in [0.1, 0.15) is 0 Å². The summed E-state index contributed by atoms with van der Waals surface area (Å²) in [7, 11) is 1.15. The van der Waals surface area contributed by atoms with Crippen molar-refractivity contribution in [3.63, 3.8) is 0 Å². The molecule has 2 heterocycles. The first-order valence-electron chi connectivity index (χ1n) is 7.65. The molecule has 3 amide bonds. The van der Waals surface area contributed by atoms with Gasteiger partial charge in [0.15, 0.2) is 5.03 Å². The van der Waals surface area contributed by atoms with Crippen LogP contribution in [0, 0.1) is 0 Å². The molecule has 0 unspecified atom stereocenters. The second kappa shape index (κ2) is 9.61. The lowest BCUT2D eigenvalue weighted by molar-refractivity contribution is 0.0823. The summed E-state index contributed by atoms with van der Waals surface area (Å²) in [5.74, 6) is -0.661. The Balaban J connectivity index is 0.00000420. The van der Waals surface area contributed by atoms with E-state index in [-0.39, 0.29) is 28.7 Å². The summed E-state index contributed by atoms with van der Waals surface area (Å²) in [6.45, 7) is 0. The molecule has 29 heavy (non-hydrogen) atoms. The van der Waals surface area contributed by atoms with E-state index in [1.165, 1.54) is 57.6 Å². The molecule has 0 atom stereocenters. The highest BCUT2D eigenvalue weighted by molar-refractivity contribution is 7.90. The molecular weight excluding hydrogens is 408 g/mol. The van der Waals surface area contributed by atoms with E-state index >= 15 is 0 Å². The SMILES string of the molecule is COc1cc(OC)nc(NC(=O)NS(=O)(=O)c2ncccc2C(=O)N(C)C)n1.O. The molecule has 2 aromatic heterocycles. The van der Waals surface area contributed by atoms with E-state index in [9.17, 15) is 18.0 Å². The Labute approximate surface area is 166 Å². The normalized spacial score (nSPS) is 10.3. The topological polar surface area (TPSA) is 184 Å². The van der Waals surface area contributed by atoms with Gasteiger partial charge in [-0.1, -0.05) is 0 Å². The van der Waals surface area contributed by atoms with Crippen molar-refractivity contribution in [2.24, 2.45) is 0 Å². The number of carbonyl (C=O) groups excluding carboxylic acids is 2. The van der Waals surface area contributed by atoms with Gasteiger partial charge in [0, 0.05) is 20.3 Å². The number of aromatic nitrogens is 3. The lowest BCUT2D eigenvalue weighted by Gasteiger charge is -2.14. The second-order valence-corrected chi connectivity index (χ2v) is 6.99. The molecule has 2 rings (SSSR count). The summed E-state index contributed by atoms with van der Waals surface area (Å²) in [6, 6.07) is 2.90. The Kier molecular flexibility index (Phi) is 7.79. The summed E-state index contributed by atoms with van der Waals surface area (Å²) in [5, 5.41) is 1.56. The Hall–Kier alpha value is -3.52. The number of sulfonamides is 1. The lowest BCUT2D eigenvalue weighted by atomic mass is 10.2. The summed E-state index contributed by atoms with van der Waals surface area (Å²) < 4.78 is 36.7. The minimum absolute atomic E-state index is 0. The van der Waals surface area contributed by atoms with Crippen LogP contribution in [0.25, 0.3) is 0 Å². The van der Waals surface area contributed by atoms with Gasteiger partial charge in [-0.05, 0) is 12.1 Å². The van der Waals surface area contributed by atoms with Gasteiger partial charge in [-0.3, -0.25) is 10.1 Å². The third-order valence-electron chi connectivity index (χ3n) is 3.21. The molecule has 0 radical (unpaired) electrons. The van der Waals surface area contributed by atoms with Crippen molar-refractivity contribution in [1.29, 1.82) is 0 Å². The molecule has 0 spiro atoms. The van der Waals surface area contributed by atoms with Crippen LogP contribution in [0.4, 0.5) is 10.7 Å². The number of anilines is 1. The number of hydrogen-bond acceptors (Lipinski definition) is 9. The smallest absolute Gasteiger partial charge is 0.335 e. The van der Waals surface area contributed by atoms with Crippen molar-refractivity contribution in [3.8, 4) is 11.8 Å². The molecule has 0 aliphatic carbocycles. The minimum Gasteiger partial charge on any atom is -0.481 e. The summed E-state index contributed by atoms with van der Waals surface area (Å²) in [4.78, 5) is 36.9. The molecule has 0 fully saturated rings. The molecule has 14 heteroatoms. The third kappa shape index (κ3) is 5.73. The predicted octanol–water partition coefficient (Wildman–Crippen LogP) is -0.724. The van der Waals surface area contributed by atoms with Crippen LogP contribution < -0.4 is 19.5 Å². The van der Waals surface area contributed by atoms with Crippen LogP contribution in [0.2, 0.25) is 0 Å². The predicted molar refractivity (Wildman–Crippen MR) is 100 cm³/mol. The highest BCUT2D eigenvalue weighted by atomic mass is 32.2. The molecule has 0 saturated heterocycles. The molecule has 158 valence electrons. The zero-order valence-electron chi connectivity index (χ0n) is 16.0. The van der Waals surface area contributed by atoms with Crippen molar-refractivity contribution in [2.75, 3.05) is 33.6 Å². The standard InChI is InChI=1S/C15H18N6O6S.H2O/c1-21(2)13(22)9-6-5-7-16-12(9)28(24,25)20-15(23)19-14-17-10(26-3)8-11(18-14)27-4;/h5-8H,1-4H3,(H2,17,18,19,20,23);1H2. The van der Waals surface area contributed by atoms with Crippen LogP contribution >= 0.6 is 0 Å². The molecule has 0 bridgehead atoms. The number of methoxy groups -OCH3 is 2. The zero-order valence-corrected chi connectivity index (χ0v) is 16.8. The van der Waals surface area contributed by atoms with Crippen LogP contribution in [-0.4, -0.2) is 74.0 Å². The van der Waals surface area contributed by atoms with Gasteiger partial charge >= 0.3 is 6.03 Å². The number of pyridine rings is 1. The minimum atomic E-state index is -4.46. The number of hydrogen-bond donors (Lipinski definition) is 2. The number of nitrogens with one attached hydrogen (secondary N) is 2. The molecule has 0 aliphatic rings. The third-order valence-corrected chi connectivity index (χ3v) is 4.50. The zero-order chi connectivity index (χ0) is 20.9. The van der Waals surface area contributed by atoms with Gasteiger partial charge in [0.25, 0.3) is 15.9 Å². The maximum atomic E-state index is 12.5. The van der Waals surface area contributed by atoms with Gasteiger partial charge in [-0.15, -0.1) is 0 Å². The van der Waals surface area contributed by atoms with Crippen LogP contribution in [-0.2, 0) is 10.0 Å². The number of rotatable bonds is 6. The van der Waals surface area contributed by atoms with E-state index in [4.69, 9.17) is 9.47 Å². The van der Waals surface area contributed by atoms with Crippen LogP contribution in [0.3, 0.4) is 0 Å². The second-order valence-electron chi connectivity index (χ2n) is 5.39. The van der Waals surface area contributed by atoms with Crippen LogP contribution in [0.5, 0.6) is 11.8 Å². The van der Waals surface area contributed by atoms with Gasteiger partial charge < -0.3 is 19.8 Å². The van der Waals surface area contributed by atoms with E-state index in [1.54, 1.807) is 4.72 Å². The molecule has 4 N–H and O–H groups in total. The van der Waals surface area contributed by atoms with Gasteiger partial charge in [-0.25, -0.2) is 14.5 Å². The molecule has 0 aromatic carbocycles. The first-order valence-corrected chi connectivity index (χ1v) is 9.13. The number of ether oxygens (including phenoxy) is 2. The van der Waals surface area contributed by atoms with E-state index in [0.717, 1.165) is 0 Å². The average Bonchev–Trinajstić information content (AvgIpc) is 2.66. The van der Waals surface area contributed by atoms with Gasteiger partial charge in [0.05, 0.1) is 25.8 Å². The monoisotopic (exact) mass is 428 g/mol. The maximum Gasteiger partial charge on any atom is 0.335 e. The van der Waals surface area contributed by atoms with E-state index < -0.39 is 27.0 Å². The Morgan fingerprint density at radius 3 is 2.21 bits per heavy atom. The molecule has 0 aliphatic heterocycles. The molecule has 13 nitrogen and oxygen atoms in total. The fourth-order valence-corrected chi connectivity index (χ4v) is 3.01. The fourth-order valence-electron chi connectivity index (χ4n) is 1.98. The van der Waals surface area contributed by atoms with Crippen molar-refractivity contribution in [1.82, 2.24) is 24.6 Å². The lowest BCUT2D eigenvalue weighted by Crippen LogP contribution is -2.36. The van der Waals surface area contributed by atoms with Crippen LogP contribution in [0.15, 0.2) is 29.4 Å². The molecular formula is C15H20N6O7S. The van der Waals surface area contributed by atoms with Crippen molar-refractivity contribution in [2.45, 2.75) is 5.03 Å². The average molecular weight is 428 g/mol. The maximum absolute atomic E-state index is 12.5. The number of nitrogens with zero attached hydrogens (tertiary/aromatic N) is 4. The number of urea groups is 1. The largest absolute Gasteiger partial charge is 0.481 e. The number of carbonyl (C=O) groups is 2. The highest BCUT2D eigenvalue weighted by Crippen LogP contribution is 2.18. The Morgan fingerprint density at radius 1 is 1.10 bits per heavy atom. The summed E-state index contributed by atoms with van der Waals surface area (Å²) in [6.07, 6.45) is 1.19. The fraction of sp³-hybridized carbons (Fsp3) is 0.267. The van der Waals surface area contributed by atoms with Gasteiger partial charge in [0.2, 0.25) is 17.7 Å². The first-order chi connectivity index (χ1) is 13.2. The highest BCUT2D eigenvalue weighted by Gasteiger charge is 2.27. The van der Waals surface area contributed by atoms with Crippen LogP contribution in [0.1, 0.15) is 10.4 Å². The van der Waals surface area contributed by atoms with Crippen molar-refractivity contribution in [3.05, 3.63) is 30.0 Å². The molecule has 0 saturated carbocycles. The Morgan fingerprint density at radius 2 is 1.69 bits per heavy atom.